The molecule has 0 aliphatic carbocycles. The van der Waals surface area contributed by atoms with Crippen molar-refractivity contribution in [1.29, 1.82) is 0 Å². The lowest BCUT2D eigenvalue weighted by Crippen LogP contribution is -2.23. The standard InChI is InChI=1S/C11H13ClF3NO3/c12-4-3-8(17)10(18)7-5-6(16)1-2-9(7)19-11(13,14)15/h1-2,5,8,10,17-18H,3-4,16H2. The van der Waals surface area contributed by atoms with E-state index in [0.29, 0.717) is 0 Å². The average molecular weight is 300 g/mol. The molecular weight excluding hydrogens is 287 g/mol. The largest absolute Gasteiger partial charge is 0.573 e. The Balaban J connectivity index is 3.06. The van der Waals surface area contributed by atoms with Crippen LogP contribution in [0.1, 0.15) is 18.1 Å². The zero-order valence-corrected chi connectivity index (χ0v) is 10.4. The fraction of sp³-hybridized carbons (Fsp3) is 0.455. The highest BCUT2D eigenvalue weighted by molar-refractivity contribution is 6.17. The van der Waals surface area contributed by atoms with E-state index in [1.54, 1.807) is 0 Å². The van der Waals surface area contributed by atoms with Crippen molar-refractivity contribution >= 4 is 17.3 Å². The van der Waals surface area contributed by atoms with E-state index in [1.165, 1.54) is 6.07 Å². The second-order valence-corrected chi connectivity index (χ2v) is 4.21. The minimum Gasteiger partial charge on any atom is -0.405 e. The Kier molecular flexibility index (Phi) is 5.28. The average Bonchev–Trinajstić information content (AvgIpc) is 2.29. The van der Waals surface area contributed by atoms with Gasteiger partial charge in [0.25, 0.3) is 0 Å². The molecule has 1 aromatic carbocycles. The molecule has 0 radical (unpaired) electrons. The SMILES string of the molecule is Nc1ccc(OC(F)(F)F)c(C(O)C(O)CCCl)c1. The molecule has 2 atom stereocenters. The van der Waals surface area contributed by atoms with Gasteiger partial charge in [-0.3, -0.25) is 0 Å². The van der Waals surface area contributed by atoms with Crippen molar-refractivity contribution in [3.8, 4) is 5.75 Å². The number of aliphatic hydroxyl groups is 2. The first kappa shape index (κ1) is 15.9. The van der Waals surface area contributed by atoms with Crippen LogP contribution in [0.5, 0.6) is 5.75 Å². The Hall–Kier alpha value is -1.18. The molecule has 2 unspecified atom stereocenters. The van der Waals surface area contributed by atoms with Crippen LogP contribution in [0.15, 0.2) is 18.2 Å². The molecule has 108 valence electrons. The number of hydrogen-bond acceptors (Lipinski definition) is 4. The number of nitrogens with two attached hydrogens (primary N) is 1. The van der Waals surface area contributed by atoms with Crippen molar-refractivity contribution in [3.63, 3.8) is 0 Å². The number of rotatable bonds is 5. The van der Waals surface area contributed by atoms with Crippen LogP contribution >= 0.6 is 11.6 Å². The third-order valence-corrected chi connectivity index (χ3v) is 2.57. The maximum atomic E-state index is 12.2. The van der Waals surface area contributed by atoms with Gasteiger partial charge in [-0.1, -0.05) is 0 Å². The Bertz CT molecular complexity index is 428. The number of benzene rings is 1. The van der Waals surface area contributed by atoms with E-state index >= 15 is 0 Å². The van der Waals surface area contributed by atoms with Crippen LogP contribution in [0.4, 0.5) is 18.9 Å². The van der Waals surface area contributed by atoms with Gasteiger partial charge in [0, 0.05) is 17.1 Å². The molecule has 19 heavy (non-hydrogen) atoms. The number of aliphatic hydroxyl groups excluding tert-OH is 2. The van der Waals surface area contributed by atoms with Crippen molar-refractivity contribution in [3.05, 3.63) is 23.8 Å². The molecule has 0 bridgehead atoms. The van der Waals surface area contributed by atoms with Gasteiger partial charge >= 0.3 is 6.36 Å². The summed E-state index contributed by atoms with van der Waals surface area (Å²) >= 11 is 5.40. The first-order valence-electron chi connectivity index (χ1n) is 5.32. The van der Waals surface area contributed by atoms with Gasteiger partial charge in [-0.05, 0) is 24.6 Å². The van der Waals surface area contributed by atoms with Gasteiger partial charge in [0.2, 0.25) is 0 Å². The van der Waals surface area contributed by atoms with E-state index in [2.05, 4.69) is 4.74 Å². The van der Waals surface area contributed by atoms with E-state index in [0.717, 1.165) is 12.1 Å². The van der Waals surface area contributed by atoms with Gasteiger partial charge in [-0.15, -0.1) is 24.8 Å². The van der Waals surface area contributed by atoms with Crippen LogP contribution in [0, 0.1) is 0 Å². The second-order valence-electron chi connectivity index (χ2n) is 3.83. The van der Waals surface area contributed by atoms with Crippen LogP contribution in [0.25, 0.3) is 0 Å². The second kappa shape index (κ2) is 6.31. The summed E-state index contributed by atoms with van der Waals surface area (Å²) in [6.07, 6.45) is -7.76. The molecule has 0 heterocycles. The lowest BCUT2D eigenvalue weighted by molar-refractivity contribution is -0.275. The van der Waals surface area contributed by atoms with Crippen LogP contribution < -0.4 is 10.5 Å². The quantitative estimate of drug-likeness (QED) is 0.575. The number of nitrogen functional groups attached to an aromatic ring is 1. The highest BCUT2D eigenvalue weighted by atomic mass is 35.5. The Morgan fingerprint density at radius 3 is 2.47 bits per heavy atom. The molecular formula is C11H13ClF3NO3. The van der Waals surface area contributed by atoms with Crippen LogP contribution in [0.3, 0.4) is 0 Å². The van der Waals surface area contributed by atoms with Crippen LogP contribution in [0.2, 0.25) is 0 Å². The molecule has 0 amide bonds. The first-order valence-corrected chi connectivity index (χ1v) is 5.85. The smallest absolute Gasteiger partial charge is 0.405 e. The van der Waals surface area contributed by atoms with Crippen LogP contribution in [-0.4, -0.2) is 28.6 Å². The molecule has 0 aromatic heterocycles. The first-order chi connectivity index (χ1) is 8.74. The summed E-state index contributed by atoms with van der Waals surface area (Å²) in [5.74, 6) is -0.557. The maximum absolute atomic E-state index is 12.2. The van der Waals surface area contributed by atoms with Crippen molar-refractivity contribution in [2.45, 2.75) is 25.0 Å². The molecule has 0 saturated carbocycles. The number of hydrogen-bond donors (Lipinski definition) is 3. The molecule has 0 saturated heterocycles. The topological polar surface area (TPSA) is 75.7 Å². The lowest BCUT2D eigenvalue weighted by Gasteiger charge is -2.21. The van der Waals surface area contributed by atoms with E-state index in [9.17, 15) is 23.4 Å². The summed E-state index contributed by atoms with van der Waals surface area (Å²) in [5, 5.41) is 19.4. The third kappa shape index (κ3) is 4.77. The zero-order chi connectivity index (χ0) is 14.6. The number of halogens is 4. The van der Waals surface area contributed by atoms with E-state index in [4.69, 9.17) is 17.3 Å². The molecule has 8 heteroatoms. The monoisotopic (exact) mass is 299 g/mol. The van der Waals surface area contributed by atoms with E-state index in [1.807, 2.05) is 0 Å². The van der Waals surface area contributed by atoms with Gasteiger partial charge < -0.3 is 20.7 Å². The number of ether oxygens (including phenoxy) is 1. The summed E-state index contributed by atoms with van der Waals surface area (Å²) in [7, 11) is 0. The summed E-state index contributed by atoms with van der Waals surface area (Å²) in [5.41, 5.74) is 5.35. The minimum absolute atomic E-state index is 0.0168. The van der Waals surface area contributed by atoms with Crippen LogP contribution in [-0.2, 0) is 0 Å². The van der Waals surface area contributed by atoms with E-state index < -0.39 is 24.3 Å². The summed E-state index contributed by atoms with van der Waals surface area (Å²) in [6, 6.07) is 3.29. The Labute approximate surface area is 112 Å². The maximum Gasteiger partial charge on any atom is 0.573 e. The number of anilines is 1. The summed E-state index contributed by atoms with van der Waals surface area (Å²) in [6.45, 7) is 0. The van der Waals surface area contributed by atoms with Crippen molar-refractivity contribution in [2.24, 2.45) is 0 Å². The summed E-state index contributed by atoms with van der Waals surface area (Å²) < 4.78 is 40.4. The molecule has 4 N–H and O–H groups in total. The fourth-order valence-corrected chi connectivity index (χ4v) is 1.72. The molecule has 1 rings (SSSR count). The third-order valence-electron chi connectivity index (χ3n) is 2.35. The van der Waals surface area contributed by atoms with Gasteiger partial charge in [0.1, 0.15) is 11.9 Å². The zero-order valence-electron chi connectivity index (χ0n) is 9.69. The predicted octanol–water partition coefficient (Wildman–Crippen LogP) is 2.19. The van der Waals surface area contributed by atoms with Gasteiger partial charge in [0.15, 0.2) is 0 Å². The van der Waals surface area contributed by atoms with Gasteiger partial charge in [0.05, 0.1) is 6.10 Å². The highest BCUT2D eigenvalue weighted by Gasteiger charge is 2.33. The highest BCUT2D eigenvalue weighted by Crippen LogP contribution is 2.33. The lowest BCUT2D eigenvalue weighted by atomic mass is 10.0. The number of alkyl halides is 4. The summed E-state index contributed by atoms with van der Waals surface area (Å²) in [4.78, 5) is 0. The minimum atomic E-state index is -4.90. The predicted molar refractivity (Wildman–Crippen MR) is 63.8 cm³/mol. The molecule has 0 spiro atoms. The van der Waals surface area contributed by atoms with Crippen molar-refractivity contribution in [2.75, 3.05) is 11.6 Å². The van der Waals surface area contributed by atoms with Gasteiger partial charge in [-0.25, -0.2) is 0 Å². The van der Waals surface area contributed by atoms with Gasteiger partial charge in [-0.2, -0.15) is 0 Å². The van der Waals surface area contributed by atoms with Crippen molar-refractivity contribution < 1.29 is 28.1 Å². The van der Waals surface area contributed by atoms with E-state index in [-0.39, 0.29) is 23.6 Å². The Morgan fingerprint density at radius 1 is 1.32 bits per heavy atom. The fourth-order valence-electron chi connectivity index (χ4n) is 1.49. The molecule has 1 aromatic rings. The normalized spacial score (nSPS) is 15.1. The van der Waals surface area contributed by atoms with Crippen molar-refractivity contribution in [1.82, 2.24) is 0 Å². The Morgan fingerprint density at radius 2 is 1.95 bits per heavy atom. The molecule has 4 nitrogen and oxygen atoms in total. The molecule has 0 aliphatic rings. The molecule has 0 aliphatic heterocycles. The molecule has 0 fully saturated rings.